The Hall–Kier alpha value is -1.56. The van der Waals surface area contributed by atoms with Gasteiger partial charge in [0.2, 0.25) is 0 Å². The zero-order chi connectivity index (χ0) is 15.8. The number of carbonyl (C=O) groups is 2. The number of unbranched alkanes of at least 4 members (excludes halogenated alkanes) is 1. The lowest BCUT2D eigenvalue weighted by molar-refractivity contribution is -0.139. The number of hydrogen-bond acceptors (Lipinski definition) is 2. The Bertz CT molecular complexity index is 494. The molecule has 21 heavy (non-hydrogen) atoms. The number of benzene rings is 1. The van der Waals surface area contributed by atoms with Gasteiger partial charge in [0.25, 0.3) is 0 Å². The quantitative estimate of drug-likeness (QED) is 0.787. The lowest BCUT2D eigenvalue weighted by Gasteiger charge is -2.22. The third kappa shape index (κ3) is 5.75. The first kappa shape index (κ1) is 17.5. The van der Waals surface area contributed by atoms with Crippen molar-refractivity contribution in [1.82, 2.24) is 10.2 Å². The standard InChI is InChI=1S/C15H21BrN2O3/c1-3-4-9-13(14(19)20)17-15(21)18(2)10-11-7-5-6-8-12(11)16/h5-8,13H,3-4,9-10H2,1-2H3,(H,17,21)(H,19,20)/t13-/m0/s1. The molecule has 0 aliphatic carbocycles. The van der Waals surface area contributed by atoms with Crippen molar-refractivity contribution in [1.29, 1.82) is 0 Å². The zero-order valence-electron chi connectivity index (χ0n) is 12.3. The van der Waals surface area contributed by atoms with Crippen LogP contribution in [0.4, 0.5) is 4.79 Å². The molecule has 2 N–H and O–H groups in total. The number of amides is 2. The number of carbonyl (C=O) groups excluding carboxylic acids is 1. The lowest BCUT2D eigenvalue weighted by atomic mass is 10.1. The van der Waals surface area contributed by atoms with Crippen molar-refractivity contribution in [3.63, 3.8) is 0 Å². The lowest BCUT2D eigenvalue weighted by Crippen LogP contribution is -2.46. The van der Waals surface area contributed by atoms with Gasteiger partial charge in [-0.1, -0.05) is 53.9 Å². The Morgan fingerprint density at radius 3 is 2.62 bits per heavy atom. The number of hydrogen-bond donors (Lipinski definition) is 2. The summed E-state index contributed by atoms with van der Waals surface area (Å²) in [6.07, 6.45) is 2.11. The first-order valence-corrected chi connectivity index (χ1v) is 7.72. The van der Waals surface area contributed by atoms with E-state index >= 15 is 0 Å². The highest BCUT2D eigenvalue weighted by Gasteiger charge is 2.21. The Balaban J connectivity index is 2.61. The maximum Gasteiger partial charge on any atom is 0.326 e. The predicted octanol–water partition coefficient (Wildman–Crippen LogP) is 3.23. The normalized spacial score (nSPS) is 11.8. The second kappa shape index (κ2) is 8.67. The summed E-state index contributed by atoms with van der Waals surface area (Å²) in [7, 11) is 1.65. The van der Waals surface area contributed by atoms with E-state index in [0.717, 1.165) is 22.9 Å². The highest BCUT2D eigenvalue weighted by molar-refractivity contribution is 9.10. The Labute approximate surface area is 133 Å². The van der Waals surface area contributed by atoms with E-state index < -0.39 is 12.0 Å². The SMILES string of the molecule is CCCC[C@H](NC(=O)N(C)Cc1ccccc1Br)C(=O)O. The summed E-state index contributed by atoms with van der Waals surface area (Å²) >= 11 is 3.43. The van der Waals surface area contributed by atoms with Crippen molar-refractivity contribution in [2.75, 3.05) is 7.05 Å². The van der Waals surface area contributed by atoms with Gasteiger partial charge in [-0.2, -0.15) is 0 Å². The van der Waals surface area contributed by atoms with E-state index in [2.05, 4.69) is 21.2 Å². The summed E-state index contributed by atoms with van der Waals surface area (Å²) in [4.78, 5) is 24.7. The number of nitrogens with one attached hydrogen (secondary N) is 1. The molecule has 0 bridgehead atoms. The summed E-state index contributed by atoms with van der Waals surface area (Å²) in [6.45, 7) is 2.40. The monoisotopic (exact) mass is 356 g/mol. The molecule has 0 saturated carbocycles. The van der Waals surface area contributed by atoms with E-state index in [4.69, 9.17) is 5.11 Å². The van der Waals surface area contributed by atoms with Crippen LogP contribution in [0.15, 0.2) is 28.7 Å². The number of urea groups is 1. The molecular weight excluding hydrogens is 336 g/mol. The van der Waals surface area contributed by atoms with Gasteiger partial charge in [-0.15, -0.1) is 0 Å². The van der Waals surface area contributed by atoms with Crippen LogP contribution >= 0.6 is 15.9 Å². The third-order valence-electron chi connectivity index (χ3n) is 3.15. The summed E-state index contributed by atoms with van der Waals surface area (Å²) in [5, 5.41) is 11.7. The highest BCUT2D eigenvalue weighted by atomic mass is 79.9. The molecule has 1 rings (SSSR count). The summed E-state index contributed by atoms with van der Waals surface area (Å²) in [5.41, 5.74) is 0.968. The molecule has 0 aromatic heterocycles. The molecule has 0 fully saturated rings. The number of aliphatic carboxylic acids is 1. The number of carboxylic acids is 1. The van der Waals surface area contributed by atoms with Crippen molar-refractivity contribution in [3.05, 3.63) is 34.3 Å². The second-order valence-corrected chi connectivity index (χ2v) is 5.78. The van der Waals surface area contributed by atoms with Crippen LogP contribution in [0.2, 0.25) is 0 Å². The van der Waals surface area contributed by atoms with Gasteiger partial charge >= 0.3 is 12.0 Å². The van der Waals surface area contributed by atoms with E-state index in [-0.39, 0.29) is 6.03 Å². The number of nitrogens with zero attached hydrogens (tertiary/aromatic N) is 1. The van der Waals surface area contributed by atoms with Crippen LogP contribution < -0.4 is 5.32 Å². The van der Waals surface area contributed by atoms with Gasteiger partial charge in [0.15, 0.2) is 0 Å². The average Bonchev–Trinajstić information content (AvgIpc) is 2.45. The molecule has 0 aliphatic heterocycles. The smallest absolute Gasteiger partial charge is 0.326 e. The molecule has 0 unspecified atom stereocenters. The van der Waals surface area contributed by atoms with Gasteiger partial charge in [0.05, 0.1) is 0 Å². The van der Waals surface area contributed by atoms with Crippen LogP contribution in [0.5, 0.6) is 0 Å². The van der Waals surface area contributed by atoms with Crippen LogP contribution in [0.3, 0.4) is 0 Å². The third-order valence-corrected chi connectivity index (χ3v) is 3.93. The van der Waals surface area contributed by atoms with Gasteiger partial charge in [0, 0.05) is 18.1 Å². The molecule has 5 nitrogen and oxygen atoms in total. The maximum absolute atomic E-state index is 12.1. The summed E-state index contributed by atoms with van der Waals surface area (Å²) in [5.74, 6) is -0.994. The molecule has 2 amide bonds. The van der Waals surface area contributed by atoms with Crippen LogP contribution in [0.25, 0.3) is 0 Å². The van der Waals surface area contributed by atoms with Gasteiger partial charge in [-0.25, -0.2) is 9.59 Å². The summed E-state index contributed by atoms with van der Waals surface area (Å²) in [6, 6.07) is 6.40. The van der Waals surface area contributed by atoms with E-state index in [1.807, 2.05) is 31.2 Å². The largest absolute Gasteiger partial charge is 0.480 e. The molecule has 6 heteroatoms. The highest BCUT2D eigenvalue weighted by Crippen LogP contribution is 2.17. The van der Waals surface area contributed by atoms with Crippen molar-refractivity contribution in [2.45, 2.75) is 38.8 Å². The van der Waals surface area contributed by atoms with Gasteiger partial charge in [0.1, 0.15) is 6.04 Å². The van der Waals surface area contributed by atoms with E-state index in [1.165, 1.54) is 4.90 Å². The molecule has 0 saturated heterocycles. The van der Waals surface area contributed by atoms with Gasteiger partial charge < -0.3 is 15.3 Å². The van der Waals surface area contributed by atoms with E-state index in [1.54, 1.807) is 7.05 Å². The first-order valence-electron chi connectivity index (χ1n) is 6.93. The first-order chi connectivity index (χ1) is 9.95. The minimum absolute atomic E-state index is 0.380. The van der Waals surface area contributed by atoms with Crippen LogP contribution in [0.1, 0.15) is 31.7 Å². The zero-order valence-corrected chi connectivity index (χ0v) is 13.9. The molecule has 1 aromatic carbocycles. The molecule has 0 spiro atoms. The van der Waals surface area contributed by atoms with Crippen LogP contribution in [-0.4, -0.2) is 35.1 Å². The molecule has 0 heterocycles. The topological polar surface area (TPSA) is 69.6 Å². The fraction of sp³-hybridized carbons (Fsp3) is 0.467. The Morgan fingerprint density at radius 1 is 1.38 bits per heavy atom. The number of halogens is 1. The molecule has 1 aromatic rings. The molecular formula is C15H21BrN2O3. The maximum atomic E-state index is 12.1. The van der Waals surface area contributed by atoms with E-state index in [0.29, 0.717) is 13.0 Å². The van der Waals surface area contributed by atoms with E-state index in [9.17, 15) is 9.59 Å². The fourth-order valence-corrected chi connectivity index (χ4v) is 2.29. The van der Waals surface area contributed by atoms with Crippen molar-refractivity contribution < 1.29 is 14.7 Å². The molecule has 0 aliphatic rings. The average molecular weight is 357 g/mol. The predicted molar refractivity (Wildman–Crippen MR) is 85.1 cm³/mol. The minimum atomic E-state index is -0.994. The Morgan fingerprint density at radius 2 is 2.05 bits per heavy atom. The minimum Gasteiger partial charge on any atom is -0.480 e. The second-order valence-electron chi connectivity index (χ2n) is 4.93. The van der Waals surface area contributed by atoms with Crippen LogP contribution in [0, 0.1) is 0 Å². The molecule has 0 radical (unpaired) electrons. The molecule has 116 valence electrons. The van der Waals surface area contributed by atoms with Gasteiger partial charge in [-0.3, -0.25) is 0 Å². The van der Waals surface area contributed by atoms with Crippen molar-refractivity contribution >= 4 is 27.9 Å². The Kier molecular flexibility index (Phi) is 7.22. The molecule has 1 atom stereocenters. The van der Waals surface area contributed by atoms with Crippen molar-refractivity contribution in [2.24, 2.45) is 0 Å². The summed E-state index contributed by atoms with van der Waals surface area (Å²) < 4.78 is 0.922. The van der Waals surface area contributed by atoms with Gasteiger partial charge in [-0.05, 0) is 18.1 Å². The van der Waals surface area contributed by atoms with Crippen LogP contribution in [-0.2, 0) is 11.3 Å². The van der Waals surface area contributed by atoms with Crippen molar-refractivity contribution in [3.8, 4) is 0 Å². The number of rotatable bonds is 7. The fourth-order valence-electron chi connectivity index (χ4n) is 1.88. The number of carboxylic acid groups (broad SMARTS) is 1.